The number of amides is 1. The third-order valence-corrected chi connectivity index (χ3v) is 3.46. The summed E-state index contributed by atoms with van der Waals surface area (Å²) >= 11 is 3.30. The van der Waals surface area contributed by atoms with Crippen LogP contribution in [0.15, 0.2) is 45.7 Å². The molecule has 1 atom stereocenters. The molecular weight excluding hydrogens is 366 g/mol. The van der Waals surface area contributed by atoms with Crippen LogP contribution in [-0.2, 0) is 16.6 Å². The van der Waals surface area contributed by atoms with E-state index in [1.807, 2.05) is 0 Å². The fourth-order valence-corrected chi connectivity index (χ4v) is 1.93. The summed E-state index contributed by atoms with van der Waals surface area (Å²) in [6.07, 6.45) is -1.01. The van der Waals surface area contributed by atoms with E-state index in [9.17, 15) is 14.4 Å². The molecule has 1 aromatic heterocycles. The van der Waals surface area contributed by atoms with Crippen LogP contribution in [0.3, 0.4) is 0 Å². The summed E-state index contributed by atoms with van der Waals surface area (Å²) < 4.78 is 6.95. The lowest BCUT2D eigenvalue weighted by Gasteiger charge is -2.13. The molecule has 0 aliphatic carbocycles. The molecule has 1 amide bonds. The van der Waals surface area contributed by atoms with Crippen molar-refractivity contribution in [2.24, 2.45) is 7.05 Å². The smallest absolute Gasteiger partial charge is 0.359 e. The van der Waals surface area contributed by atoms with Crippen molar-refractivity contribution in [2.75, 3.05) is 5.32 Å². The molecule has 23 heavy (non-hydrogen) atoms. The van der Waals surface area contributed by atoms with Crippen LogP contribution in [0.1, 0.15) is 17.4 Å². The van der Waals surface area contributed by atoms with Gasteiger partial charge in [-0.05, 0) is 37.3 Å². The fraction of sp³-hybridized carbons (Fsp3) is 0.200. The molecule has 7 nitrogen and oxygen atoms in total. The maximum Gasteiger partial charge on any atom is 0.359 e. The molecule has 2 rings (SSSR count). The van der Waals surface area contributed by atoms with Gasteiger partial charge in [0.15, 0.2) is 11.8 Å². The van der Waals surface area contributed by atoms with Crippen molar-refractivity contribution in [1.82, 2.24) is 9.78 Å². The number of aromatic nitrogens is 2. The molecule has 0 fully saturated rings. The van der Waals surface area contributed by atoms with Gasteiger partial charge in [-0.15, -0.1) is 0 Å². The highest BCUT2D eigenvalue weighted by Gasteiger charge is 2.20. The van der Waals surface area contributed by atoms with E-state index in [0.29, 0.717) is 5.69 Å². The number of rotatable bonds is 4. The molecule has 1 N–H and O–H groups in total. The molecule has 0 spiro atoms. The maximum absolute atomic E-state index is 12.0. The van der Waals surface area contributed by atoms with Crippen molar-refractivity contribution in [3.63, 3.8) is 0 Å². The van der Waals surface area contributed by atoms with Gasteiger partial charge in [-0.1, -0.05) is 15.9 Å². The van der Waals surface area contributed by atoms with Gasteiger partial charge in [0.25, 0.3) is 11.5 Å². The minimum Gasteiger partial charge on any atom is -0.448 e. The number of esters is 1. The van der Waals surface area contributed by atoms with E-state index in [4.69, 9.17) is 4.74 Å². The van der Waals surface area contributed by atoms with E-state index in [1.54, 1.807) is 24.3 Å². The molecule has 0 radical (unpaired) electrons. The van der Waals surface area contributed by atoms with E-state index in [0.717, 1.165) is 9.15 Å². The number of hydrogen-bond donors (Lipinski definition) is 1. The Morgan fingerprint density at radius 3 is 2.48 bits per heavy atom. The van der Waals surface area contributed by atoms with Crippen molar-refractivity contribution < 1.29 is 14.3 Å². The molecule has 0 saturated carbocycles. The molecule has 0 bridgehead atoms. The Kier molecular flexibility index (Phi) is 5.28. The fourth-order valence-electron chi connectivity index (χ4n) is 1.66. The lowest BCUT2D eigenvalue weighted by molar-refractivity contribution is -0.123. The Morgan fingerprint density at radius 2 is 1.87 bits per heavy atom. The third-order valence-electron chi connectivity index (χ3n) is 2.93. The van der Waals surface area contributed by atoms with E-state index in [1.165, 1.54) is 26.1 Å². The largest absolute Gasteiger partial charge is 0.448 e. The molecule has 1 heterocycles. The van der Waals surface area contributed by atoms with Crippen LogP contribution in [0, 0.1) is 0 Å². The average molecular weight is 380 g/mol. The van der Waals surface area contributed by atoms with Crippen LogP contribution in [-0.4, -0.2) is 27.8 Å². The highest BCUT2D eigenvalue weighted by atomic mass is 79.9. The van der Waals surface area contributed by atoms with E-state index >= 15 is 0 Å². The van der Waals surface area contributed by atoms with Crippen molar-refractivity contribution in [3.05, 3.63) is 56.9 Å². The predicted octanol–water partition coefficient (Wildman–Crippen LogP) is 1.73. The zero-order valence-corrected chi connectivity index (χ0v) is 14.0. The molecule has 1 unspecified atom stereocenters. The highest BCUT2D eigenvalue weighted by molar-refractivity contribution is 9.10. The minimum absolute atomic E-state index is 0.0459. The van der Waals surface area contributed by atoms with Crippen LogP contribution in [0.4, 0.5) is 5.69 Å². The first-order valence-corrected chi connectivity index (χ1v) is 7.48. The second-order valence-electron chi connectivity index (χ2n) is 4.72. The van der Waals surface area contributed by atoms with E-state index in [2.05, 4.69) is 26.3 Å². The summed E-state index contributed by atoms with van der Waals surface area (Å²) in [5.41, 5.74) is 0.194. The SMILES string of the molecule is CC(OC(=O)c1ccc(=O)n(C)n1)C(=O)Nc1ccc(Br)cc1. The summed E-state index contributed by atoms with van der Waals surface area (Å²) in [5.74, 6) is -1.25. The molecule has 8 heteroatoms. The van der Waals surface area contributed by atoms with Crippen molar-refractivity contribution in [2.45, 2.75) is 13.0 Å². The van der Waals surface area contributed by atoms with Crippen LogP contribution in [0.2, 0.25) is 0 Å². The van der Waals surface area contributed by atoms with Crippen molar-refractivity contribution >= 4 is 33.5 Å². The summed E-state index contributed by atoms with van der Waals surface area (Å²) in [7, 11) is 1.42. The third kappa shape index (κ3) is 4.49. The molecule has 0 aliphatic rings. The van der Waals surface area contributed by atoms with Gasteiger partial charge in [-0.25, -0.2) is 9.48 Å². The van der Waals surface area contributed by atoms with Crippen molar-refractivity contribution in [3.8, 4) is 0 Å². The standard InChI is InChI=1S/C15H14BrN3O4/c1-9(14(21)17-11-5-3-10(16)4-6-11)23-15(22)12-7-8-13(20)19(2)18-12/h3-9H,1-2H3,(H,17,21). The van der Waals surface area contributed by atoms with Gasteiger partial charge in [-0.3, -0.25) is 9.59 Å². The Labute approximate surface area is 140 Å². The van der Waals surface area contributed by atoms with E-state index < -0.39 is 18.0 Å². The normalized spacial score (nSPS) is 11.6. The first-order chi connectivity index (χ1) is 10.9. The molecule has 120 valence electrons. The number of ether oxygens (including phenoxy) is 1. The number of hydrogen-bond acceptors (Lipinski definition) is 5. The topological polar surface area (TPSA) is 90.3 Å². The summed E-state index contributed by atoms with van der Waals surface area (Å²) in [6.45, 7) is 1.45. The molecule has 2 aromatic rings. The van der Waals surface area contributed by atoms with Crippen molar-refractivity contribution in [1.29, 1.82) is 0 Å². The van der Waals surface area contributed by atoms with Gasteiger partial charge in [-0.2, -0.15) is 5.10 Å². The maximum atomic E-state index is 12.0. The summed E-state index contributed by atoms with van der Waals surface area (Å²) in [4.78, 5) is 35.2. The number of anilines is 1. The summed E-state index contributed by atoms with van der Waals surface area (Å²) in [5, 5.41) is 6.41. The zero-order valence-electron chi connectivity index (χ0n) is 12.4. The Morgan fingerprint density at radius 1 is 1.22 bits per heavy atom. The Balaban J connectivity index is 1.99. The number of carbonyl (C=O) groups is 2. The second kappa shape index (κ2) is 7.19. The Bertz CT molecular complexity index is 786. The lowest BCUT2D eigenvalue weighted by Crippen LogP contribution is -2.31. The molecule has 0 aliphatic heterocycles. The van der Waals surface area contributed by atoms with Gasteiger partial charge in [0.05, 0.1) is 0 Å². The summed E-state index contributed by atoms with van der Waals surface area (Å²) in [6, 6.07) is 9.44. The molecular formula is C15H14BrN3O4. The van der Waals surface area contributed by atoms with Crippen LogP contribution in [0.5, 0.6) is 0 Å². The molecule has 0 saturated heterocycles. The predicted molar refractivity (Wildman–Crippen MR) is 87.1 cm³/mol. The number of aryl methyl sites for hydroxylation is 1. The lowest BCUT2D eigenvalue weighted by atomic mass is 10.3. The number of nitrogens with one attached hydrogen (secondary N) is 1. The van der Waals surface area contributed by atoms with Gasteiger partial charge in [0.1, 0.15) is 0 Å². The quantitative estimate of drug-likeness (QED) is 0.816. The van der Waals surface area contributed by atoms with Gasteiger partial charge >= 0.3 is 5.97 Å². The van der Waals surface area contributed by atoms with Gasteiger partial charge < -0.3 is 10.1 Å². The first-order valence-electron chi connectivity index (χ1n) is 6.68. The monoisotopic (exact) mass is 379 g/mol. The van der Waals surface area contributed by atoms with Crippen LogP contribution in [0.25, 0.3) is 0 Å². The van der Waals surface area contributed by atoms with E-state index in [-0.39, 0.29) is 11.3 Å². The second-order valence-corrected chi connectivity index (χ2v) is 5.64. The minimum atomic E-state index is -1.01. The molecule has 1 aromatic carbocycles. The van der Waals surface area contributed by atoms with Crippen LogP contribution < -0.4 is 10.9 Å². The highest BCUT2D eigenvalue weighted by Crippen LogP contribution is 2.14. The average Bonchev–Trinajstić information content (AvgIpc) is 2.52. The van der Waals surface area contributed by atoms with Gasteiger partial charge in [0, 0.05) is 23.3 Å². The van der Waals surface area contributed by atoms with Crippen LogP contribution >= 0.6 is 15.9 Å². The number of carbonyl (C=O) groups excluding carboxylic acids is 2. The first kappa shape index (κ1) is 16.9. The number of nitrogens with zero attached hydrogens (tertiary/aromatic N) is 2. The zero-order chi connectivity index (χ0) is 17.0. The Hall–Kier alpha value is -2.48. The van der Waals surface area contributed by atoms with Gasteiger partial charge in [0.2, 0.25) is 0 Å². The number of halogens is 1. The number of benzene rings is 1.